The molecule has 5 nitrogen and oxygen atoms in total. The van der Waals surface area contributed by atoms with Crippen LogP contribution in [0.5, 0.6) is 0 Å². The van der Waals surface area contributed by atoms with Crippen molar-refractivity contribution in [3.8, 4) is 11.3 Å². The Morgan fingerprint density at radius 2 is 1.95 bits per heavy atom. The summed E-state index contributed by atoms with van der Waals surface area (Å²) in [5.41, 5.74) is 9.36. The maximum atomic E-state index is 6.06. The zero-order valence-corrected chi connectivity index (χ0v) is 11.8. The number of rotatable bonds is 2. The minimum Gasteiger partial charge on any atom is -0.342 e. The Morgan fingerprint density at radius 1 is 1.15 bits per heavy atom. The van der Waals surface area contributed by atoms with Crippen molar-refractivity contribution in [1.29, 1.82) is 0 Å². The first-order chi connectivity index (χ1) is 9.43. The predicted octanol–water partition coefficient (Wildman–Crippen LogP) is 2.52. The lowest BCUT2D eigenvalue weighted by Gasteiger charge is -2.16. The van der Waals surface area contributed by atoms with Crippen LogP contribution in [-0.2, 0) is 5.54 Å². The largest absolute Gasteiger partial charge is 0.342 e. The van der Waals surface area contributed by atoms with Crippen molar-refractivity contribution >= 4 is 11.0 Å². The fraction of sp³-hybridized carbons (Fsp3) is 0.267. The van der Waals surface area contributed by atoms with Gasteiger partial charge in [-0.15, -0.1) is 0 Å². The Hall–Kier alpha value is -2.27. The van der Waals surface area contributed by atoms with E-state index in [-0.39, 0.29) is 0 Å². The highest BCUT2D eigenvalue weighted by Crippen LogP contribution is 2.23. The molecule has 0 spiro atoms. The number of H-pyrrole nitrogens is 1. The lowest BCUT2D eigenvalue weighted by molar-refractivity contribution is 0.514. The summed E-state index contributed by atoms with van der Waals surface area (Å²) >= 11 is 0. The van der Waals surface area contributed by atoms with Crippen LogP contribution < -0.4 is 5.73 Å². The van der Waals surface area contributed by atoms with Crippen molar-refractivity contribution in [1.82, 2.24) is 19.9 Å². The van der Waals surface area contributed by atoms with Gasteiger partial charge < -0.3 is 10.7 Å². The van der Waals surface area contributed by atoms with Crippen molar-refractivity contribution in [3.63, 3.8) is 0 Å². The Morgan fingerprint density at radius 3 is 2.70 bits per heavy atom. The van der Waals surface area contributed by atoms with Gasteiger partial charge in [0.2, 0.25) is 0 Å². The molecule has 0 saturated carbocycles. The van der Waals surface area contributed by atoms with E-state index in [9.17, 15) is 0 Å². The third-order valence-corrected chi connectivity index (χ3v) is 3.13. The number of aryl methyl sites for hydroxylation is 1. The number of hydrogen-bond donors (Lipinski definition) is 2. The molecule has 3 rings (SSSR count). The van der Waals surface area contributed by atoms with Gasteiger partial charge in [-0.05, 0) is 39.0 Å². The van der Waals surface area contributed by atoms with Crippen molar-refractivity contribution in [2.45, 2.75) is 26.3 Å². The predicted molar refractivity (Wildman–Crippen MR) is 79.1 cm³/mol. The van der Waals surface area contributed by atoms with Crippen LogP contribution in [0.4, 0.5) is 0 Å². The average Bonchev–Trinajstić information content (AvgIpc) is 2.77. The molecular formula is C15H17N5. The number of imidazole rings is 1. The summed E-state index contributed by atoms with van der Waals surface area (Å²) in [5.74, 6) is 1.54. The SMILES string of the molecule is Cc1nc2ccc(-c3ccnc(C(C)(C)N)n3)cc2[nH]1. The molecule has 3 aromatic rings. The van der Waals surface area contributed by atoms with Crippen molar-refractivity contribution in [3.05, 3.63) is 42.1 Å². The molecule has 0 amide bonds. The summed E-state index contributed by atoms with van der Waals surface area (Å²) in [6.07, 6.45) is 1.74. The molecule has 1 aromatic carbocycles. The monoisotopic (exact) mass is 267 g/mol. The number of aromatic amines is 1. The first kappa shape index (κ1) is 12.7. The van der Waals surface area contributed by atoms with Crippen LogP contribution in [-0.4, -0.2) is 19.9 Å². The fourth-order valence-electron chi connectivity index (χ4n) is 2.13. The van der Waals surface area contributed by atoms with Crippen LogP contribution in [0.25, 0.3) is 22.3 Å². The quantitative estimate of drug-likeness (QED) is 0.747. The Bertz CT molecular complexity index is 767. The summed E-state index contributed by atoms with van der Waals surface area (Å²) in [5, 5.41) is 0. The van der Waals surface area contributed by atoms with Gasteiger partial charge in [-0.25, -0.2) is 15.0 Å². The van der Waals surface area contributed by atoms with E-state index in [1.54, 1.807) is 6.20 Å². The number of nitrogens with one attached hydrogen (secondary N) is 1. The van der Waals surface area contributed by atoms with Gasteiger partial charge >= 0.3 is 0 Å². The van der Waals surface area contributed by atoms with E-state index in [4.69, 9.17) is 5.73 Å². The molecule has 0 fully saturated rings. The van der Waals surface area contributed by atoms with Gasteiger partial charge in [-0.3, -0.25) is 0 Å². The third-order valence-electron chi connectivity index (χ3n) is 3.13. The molecule has 0 bridgehead atoms. The van der Waals surface area contributed by atoms with Crippen LogP contribution in [0.1, 0.15) is 25.5 Å². The molecule has 0 saturated heterocycles. The Kier molecular flexibility index (Phi) is 2.79. The second kappa shape index (κ2) is 4.38. The fourth-order valence-corrected chi connectivity index (χ4v) is 2.13. The topological polar surface area (TPSA) is 80.5 Å². The average molecular weight is 267 g/mol. The van der Waals surface area contributed by atoms with Gasteiger partial charge in [0.1, 0.15) is 11.6 Å². The molecule has 0 unspecified atom stereocenters. The van der Waals surface area contributed by atoms with E-state index in [2.05, 4.69) is 19.9 Å². The molecule has 5 heteroatoms. The van der Waals surface area contributed by atoms with E-state index >= 15 is 0 Å². The number of hydrogen-bond acceptors (Lipinski definition) is 4. The highest BCUT2D eigenvalue weighted by atomic mass is 15.0. The smallest absolute Gasteiger partial charge is 0.148 e. The Labute approximate surface area is 117 Å². The molecule has 3 N–H and O–H groups in total. The Balaban J connectivity index is 2.10. The molecule has 20 heavy (non-hydrogen) atoms. The number of aromatic nitrogens is 4. The second-order valence-corrected chi connectivity index (χ2v) is 5.54. The van der Waals surface area contributed by atoms with Gasteiger partial charge in [-0.1, -0.05) is 6.07 Å². The van der Waals surface area contributed by atoms with E-state index < -0.39 is 5.54 Å². The van der Waals surface area contributed by atoms with E-state index in [1.807, 2.05) is 45.0 Å². The maximum absolute atomic E-state index is 6.06. The van der Waals surface area contributed by atoms with Crippen LogP contribution >= 0.6 is 0 Å². The molecule has 0 radical (unpaired) electrons. The molecule has 0 aliphatic carbocycles. The standard InChI is InChI=1S/C15H17N5/c1-9-18-12-5-4-10(8-13(12)19-9)11-6-7-17-14(20-11)15(2,3)16/h4-8H,16H2,1-3H3,(H,18,19). The van der Waals surface area contributed by atoms with Gasteiger partial charge in [0, 0.05) is 11.8 Å². The highest BCUT2D eigenvalue weighted by molar-refractivity contribution is 5.81. The van der Waals surface area contributed by atoms with Gasteiger partial charge in [0.15, 0.2) is 0 Å². The first-order valence-electron chi connectivity index (χ1n) is 6.52. The van der Waals surface area contributed by atoms with Crippen LogP contribution in [0.15, 0.2) is 30.5 Å². The van der Waals surface area contributed by atoms with Crippen LogP contribution in [0, 0.1) is 6.92 Å². The first-order valence-corrected chi connectivity index (χ1v) is 6.52. The normalized spacial score (nSPS) is 12.0. The summed E-state index contributed by atoms with van der Waals surface area (Å²) in [7, 11) is 0. The van der Waals surface area contributed by atoms with Gasteiger partial charge in [0.05, 0.1) is 22.3 Å². The summed E-state index contributed by atoms with van der Waals surface area (Å²) in [6.45, 7) is 5.74. The lowest BCUT2D eigenvalue weighted by Crippen LogP contribution is -2.31. The molecule has 0 aliphatic rings. The molecule has 102 valence electrons. The minimum absolute atomic E-state index is 0.551. The molecule has 0 atom stereocenters. The number of fused-ring (bicyclic) bond motifs is 1. The van der Waals surface area contributed by atoms with Crippen molar-refractivity contribution in [2.24, 2.45) is 5.73 Å². The van der Waals surface area contributed by atoms with E-state index in [0.29, 0.717) is 5.82 Å². The number of benzene rings is 1. The zero-order valence-electron chi connectivity index (χ0n) is 11.8. The van der Waals surface area contributed by atoms with Gasteiger partial charge in [-0.2, -0.15) is 0 Å². The number of nitrogens with zero attached hydrogens (tertiary/aromatic N) is 3. The molecule has 2 heterocycles. The molecule has 0 aliphatic heterocycles. The molecular weight excluding hydrogens is 250 g/mol. The lowest BCUT2D eigenvalue weighted by atomic mass is 10.1. The molecule has 2 aromatic heterocycles. The summed E-state index contributed by atoms with van der Waals surface area (Å²) < 4.78 is 0. The minimum atomic E-state index is -0.551. The van der Waals surface area contributed by atoms with Crippen molar-refractivity contribution in [2.75, 3.05) is 0 Å². The van der Waals surface area contributed by atoms with Crippen molar-refractivity contribution < 1.29 is 0 Å². The second-order valence-electron chi connectivity index (χ2n) is 5.54. The van der Waals surface area contributed by atoms with Crippen LogP contribution in [0.3, 0.4) is 0 Å². The number of nitrogens with two attached hydrogens (primary N) is 1. The highest BCUT2D eigenvalue weighted by Gasteiger charge is 2.18. The summed E-state index contributed by atoms with van der Waals surface area (Å²) in [4.78, 5) is 16.4. The maximum Gasteiger partial charge on any atom is 0.148 e. The van der Waals surface area contributed by atoms with E-state index in [1.165, 1.54) is 0 Å². The zero-order chi connectivity index (χ0) is 14.3. The van der Waals surface area contributed by atoms with Crippen LogP contribution in [0.2, 0.25) is 0 Å². The third kappa shape index (κ3) is 2.28. The summed E-state index contributed by atoms with van der Waals surface area (Å²) in [6, 6.07) is 7.94. The van der Waals surface area contributed by atoms with E-state index in [0.717, 1.165) is 28.1 Å². The van der Waals surface area contributed by atoms with Gasteiger partial charge in [0.25, 0.3) is 0 Å².